The summed E-state index contributed by atoms with van der Waals surface area (Å²) in [5.74, 6) is -0.431. The Morgan fingerprint density at radius 2 is 1.67 bits per heavy atom. The van der Waals surface area contributed by atoms with Crippen molar-refractivity contribution in [3.8, 4) is 11.5 Å². The number of aliphatic hydroxyl groups is 1. The summed E-state index contributed by atoms with van der Waals surface area (Å²) in [6.07, 6.45) is 1.11. The fraction of sp³-hybridized carbons (Fsp3) is 0.400. The first-order valence-corrected chi connectivity index (χ1v) is 17.7. The lowest BCUT2D eigenvalue weighted by Crippen LogP contribution is -2.75. The Hall–Kier alpha value is -5.20. The van der Waals surface area contributed by atoms with Gasteiger partial charge in [0, 0.05) is 25.1 Å². The van der Waals surface area contributed by atoms with Crippen LogP contribution in [-0.4, -0.2) is 85.3 Å². The van der Waals surface area contributed by atoms with E-state index in [-0.39, 0.29) is 50.7 Å². The molecule has 272 valence electrons. The molecule has 4 aliphatic rings. The van der Waals surface area contributed by atoms with E-state index in [0.717, 1.165) is 16.7 Å². The largest absolute Gasteiger partial charge is 0.493 e. The number of hydrogen-bond donors (Lipinski definition) is 3. The fourth-order valence-corrected chi connectivity index (χ4v) is 8.51. The highest BCUT2D eigenvalue weighted by Gasteiger charge is 2.74. The molecule has 2 amide bonds. The van der Waals surface area contributed by atoms with Crippen molar-refractivity contribution in [3.05, 3.63) is 107 Å². The van der Waals surface area contributed by atoms with E-state index in [2.05, 4.69) is 15.5 Å². The highest BCUT2D eigenvalue weighted by molar-refractivity contribution is 5.82. The Balaban J connectivity index is 1.10. The molecule has 2 aliphatic carbocycles. The summed E-state index contributed by atoms with van der Waals surface area (Å²) in [4.78, 5) is 54.4. The van der Waals surface area contributed by atoms with E-state index in [1.165, 1.54) is 0 Å². The minimum atomic E-state index is -1.36. The topological polar surface area (TPSA) is 153 Å². The second kappa shape index (κ2) is 14.4. The molecule has 0 radical (unpaired) electrons. The van der Waals surface area contributed by atoms with Crippen LogP contribution in [0, 0.1) is 0 Å². The lowest BCUT2D eigenvalue weighted by Gasteiger charge is -2.62. The third-order valence-electron chi connectivity index (χ3n) is 10.9. The smallest absolute Gasteiger partial charge is 0.312 e. The van der Waals surface area contributed by atoms with E-state index in [1.54, 1.807) is 43.5 Å². The molecular formula is C40H43N3O9. The maximum absolute atomic E-state index is 13.7. The molecule has 2 heterocycles. The number of nitrogens with one attached hydrogen (secondary N) is 2. The molecule has 3 aromatic carbocycles. The molecule has 1 saturated heterocycles. The normalized spacial score (nSPS) is 24.3. The second-order valence-corrected chi connectivity index (χ2v) is 13.8. The first-order valence-electron chi connectivity index (χ1n) is 17.7. The van der Waals surface area contributed by atoms with Crippen LogP contribution in [0.15, 0.2) is 84.6 Å². The predicted molar refractivity (Wildman–Crippen MR) is 188 cm³/mol. The number of nitrogens with zero attached hydrogens (tertiary/aromatic N) is 1. The number of carbonyl (C=O) groups excluding carboxylic acids is 4. The minimum Gasteiger partial charge on any atom is -0.493 e. The molecule has 7 rings (SSSR count). The number of likely N-dealkylation sites (N-methyl/N-ethyl adjacent to an activating group) is 1. The van der Waals surface area contributed by atoms with Gasteiger partial charge in [-0.05, 0) is 55.3 Å². The maximum atomic E-state index is 13.7. The van der Waals surface area contributed by atoms with E-state index in [4.69, 9.17) is 18.9 Å². The summed E-state index contributed by atoms with van der Waals surface area (Å²) >= 11 is 0. The standard InChI is InChI=1S/C40H43N3O9/c1-43-22-19-39-34-27-13-14-28(49-2)36(34)51-37(39)29(50-32(45)16-21-42-38(48)35(47)26-11-7-4-8-12-26)15-18-40(39,30(43)24-27)52-33(46)17-20-41-31(44)23-25-9-5-3-6-10-25/h3-15,30,35,37,47H,16-24H2,1-2H3,(H,41,44)(H,42,48)/t30-,35+,37?,39?,40-/m1/s1. The molecule has 0 saturated carbocycles. The molecule has 2 bridgehead atoms. The van der Waals surface area contributed by atoms with Gasteiger partial charge >= 0.3 is 11.9 Å². The Kier molecular flexibility index (Phi) is 9.78. The van der Waals surface area contributed by atoms with E-state index in [9.17, 15) is 24.3 Å². The third-order valence-corrected chi connectivity index (χ3v) is 10.9. The number of esters is 2. The van der Waals surface area contributed by atoms with Crippen LogP contribution in [0.2, 0.25) is 0 Å². The molecule has 1 fully saturated rings. The zero-order valence-electron chi connectivity index (χ0n) is 29.3. The molecule has 0 aromatic heterocycles. The quantitative estimate of drug-likeness (QED) is 0.226. The Labute approximate surface area is 302 Å². The average Bonchev–Trinajstić information content (AvgIpc) is 3.50. The van der Waals surface area contributed by atoms with Crippen molar-refractivity contribution < 1.29 is 43.2 Å². The van der Waals surface area contributed by atoms with Gasteiger partial charge in [-0.2, -0.15) is 0 Å². The van der Waals surface area contributed by atoms with Crippen molar-refractivity contribution in [1.82, 2.24) is 15.5 Å². The first-order chi connectivity index (χ1) is 25.2. The fourth-order valence-electron chi connectivity index (χ4n) is 8.51. The number of methoxy groups -OCH3 is 1. The maximum Gasteiger partial charge on any atom is 0.312 e. The lowest BCUT2D eigenvalue weighted by atomic mass is 9.50. The zero-order chi connectivity index (χ0) is 36.5. The van der Waals surface area contributed by atoms with Crippen molar-refractivity contribution in [2.45, 2.75) is 67.8 Å². The number of ether oxygens (including phenoxy) is 4. The van der Waals surface area contributed by atoms with E-state index in [0.29, 0.717) is 42.2 Å². The molecule has 3 aromatic rings. The van der Waals surface area contributed by atoms with Gasteiger partial charge in [-0.15, -0.1) is 0 Å². The van der Waals surface area contributed by atoms with Gasteiger partial charge in [0.25, 0.3) is 5.91 Å². The van der Waals surface area contributed by atoms with Crippen LogP contribution in [0.3, 0.4) is 0 Å². The molecule has 1 spiro atoms. The van der Waals surface area contributed by atoms with E-state index >= 15 is 0 Å². The number of likely N-dealkylation sites (tertiary alicyclic amines) is 1. The number of rotatable bonds is 13. The Morgan fingerprint density at radius 3 is 2.42 bits per heavy atom. The summed E-state index contributed by atoms with van der Waals surface area (Å²) < 4.78 is 25.1. The number of amides is 2. The number of piperidine rings is 1. The van der Waals surface area contributed by atoms with Crippen LogP contribution >= 0.6 is 0 Å². The van der Waals surface area contributed by atoms with Gasteiger partial charge in [0.1, 0.15) is 11.4 Å². The Morgan fingerprint density at radius 1 is 0.962 bits per heavy atom. The number of aliphatic hydroxyl groups excluding tert-OH is 1. The van der Waals surface area contributed by atoms with Crippen molar-refractivity contribution in [1.29, 1.82) is 0 Å². The summed E-state index contributed by atoms with van der Waals surface area (Å²) in [5, 5.41) is 15.8. The van der Waals surface area contributed by atoms with Gasteiger partial charge in [0.2, 0.25) is 5.91 Å². The molecule has 12 nitrogen and oxygen atoms in total. The van der Waals surface area contributed by atoms with Gasteiger partial charge in [-0.3, -0.25) is 24.1 Å². The van der Waals surface area contributed by atoms with E-state index < -0.39 is 41.1 Å². The van der Waals surface area contributed by atoms with Crippen LogP contribution in [-0.2, 0) is 46.9 Å². The Bertz CT molecular complexity index is 1880. The summed E-state index contributed by atoms with van der Waals surface area (Å²) in [5.41, 5.74) is 1.36. The molecule has 2 aliphatic heterocycles. The predicted octanol–water partition coefficient (Wildman–Crippen LogP) is 3.06. The van der Waals surface area contributed by atoms with Gasteiger partial charge < -0.3 is 34.7 Å². The average molecular weight is 710 g/mol. The molecule has 52 heavy (non-hydrogen) atoms. The summed E-state index contributed by atoms with van der Waals surface area (Å²) in [6, 6.07) is 21.6. The van der Waals surface area contributed by atoms with Crippen molar-refractivity contribution in [2.24, 2.45) is 0 Å². The molecule has 3 N–H and O–H groups in total. The highest BCUT2D eigenvalue weighted by Crippen LogP contribution is 2.66. The third kappa shape index (κ3) is 6.19. The van der Waals surface area contributed by atoms with Crippen molar-refractivity contribution >= 4 is 23.8 Å². The van der Waals surface area contributed by atoms with Crippen LogP contribution < -0.4 is 20.1 Å². The summed E-state index contributed by atoms with van der Waals surface area (Å²) in [6.45, 7) is 0.772. The van der Waals surface area contributed by atoms with Gasteiger partial charge in [0.15, 0.2) is 23.7 Å². The second-order valence-electron chi connectivity index (χ2n) is 13.8. The first kappa shape index (κ1) is 35.2. The van der Waals surface area contributed by atoms with Crippen LogP contribution in [0.5, 0.6) is 11.5 Å². The molecule has 5 atom stereocenters. The lowest BCUT2D eigenvalue weighted by molar-refractivity contribution is -0.206. The summed E-state index contributed by atoms with van der Waals surface area (Å²) in [7, 11) is 3.60. The van der Waals surface area contributed by atoms with Crippen LogP contribution in [0.1, 0.15) is 54.0 Å². The molecule has 2 unspecified atom stereocenters. The number of carbonyl (C=O) groups is 4. The van der Waals surface area contributed by atoms with Gasteiger partial charge in [-0.25, -0.2) is 0 Å². The van der Waals surface area contributed by atoms with E-state index in [1.807, 2.05) is 49.5 Å². The zero-order valence-corrected chi connectivity index (χ0v) is 29.3. The van der Waals surface area contributed by atoms with Crippen LogP contribution in [0.4, 0.5) is 0 Å². The van der Waals surface area contributed by atoms with Gasteiger partial charge in [0.05, 0.1) is 37.8 Å². The minimum absolute atomic E-state index is 0.0195. The molecular weight excluding hydrogens is 666 g/mol. The van der Waals surface area contributed by atoms with Crippen LogP contribution in [0.25, 0.3) is 0 Å². The van der Waals surface area contributed by atoms with Crippen molar-refractivity contribution in [2.75, 3.05) is 33.8 Å². The number of benzene rings is 3. The highest BCUT2D eigenvalue weighted by atomic mass is 16.6. The van der Waals surface area contributed by atoms with Gasteiger partial charge in [-0.1, -0.05) is 66.7 Å². The SMILES string of the molecule is COc1ccc2c3c1OC1C(OC(=O)CCNC(=O)[C@@H](O)c4ccccc4)=CC[C@@]4(OC(=O)CCNC(=O)Cc5ccccc5)[C@@H](C2)N(C)CCC314. The van der Waals surface area contributed by atoms with Crippen molar-refractivity contribution in [3.63, 3.8) is 0 Å². The number of hydrogen-bond acceptors (Lipinski definition) is 10. The monoisotopic (exact) mass is 709 g/mol. The molecule has 12 heteroatoms.